The summed E-state index contributed by atoms with van der Waals surface area (Å²) in [5.41, 5.74) is 0. The van der Waals surface area contributed by atoms with E-state index in [2.05, 4.69) is 71.6 Å². The molecule has 0 spiro atoms. The van der Waals surface area contributed by atoms with E-state index in [1.165, 1.54) is 57.4 Å². The standard InChI is InChI=1S/C23H44OSi2/c1-8-9-10-11-12-13-14-15-20-25(5)22-18-16-21(17-19-22)24-26(6,7)23(2,3)4/h16-19,25H,8-15,20H2,1-7H3. The van der Waals surface area contributed by atoms with Crippen molar-refractivity contribution in [3.63, 3.8) is 0 Å². The van der Waals surface area contributed by atoms with Gasteiger partial charge in [0.1, 0.15) is 5.75 Å². The molecule has 0 aromatic heterocycles. The van der Waals surface area contributed by atoms with Gasteiger partial charge in [-0.1, -0.05) is 109 Å². The van der Waals surface area contributed by atoms with Crippen LogP contribution in [0.25, 0.3) is 0 Å². The van der Waals surface area contributed by atoms with E-state index in [0.717, 1.165) is 5.75 Å². The van der Waals surface area contributed by atoms with Crippen molar-refractivity contribution in [3.05, 3.63) is 24.3 Å². The van der Waals surface area contributed by atoms with Crippen molar-refractivity contribution < 1.29 is 4.43 Å². The molecule has 1 aromatic carbocycles. The molecule has 0 saturated heterocycles. The number of unbranched alkanes of at least 4 members (excludes halogenated alkanes) is 7. The third-order valence-corrected chi connectivity index (χ3v) is 13.3. The minimum atomic E-state index is -1.72. The van der Waals surface area contributed by atoms with E-state index in [-0.39, 0.29) is 5.04 Å². The van der Waals surface area contributed by atoms with Crippen molar-refractivity contribution >= 4 is 22.3 Å². The van der Waals surface area contributed by atoms with Crippen molar-refractivity contribution in [1.29, 1.82) is 0 Å². The van der Waals surface area contributed by atoms with Crippen molar-refractivity contribution in [2.45, 2.75) is 110 Å². The molecule has 0 heterocycles. The molecule has 0 aliphatic heterocycles. The Bertz CT molecular complexity index is 488. The maximum absolute atomic E-state index is 6.41. The molecule has 0 saturated carbocycles. The number of hydrogen-bond acceptors (Lipinski definition) is 1. The molecule has 0 amide bonds. The maximum Gasteiger partial charge on any atom is 0.250 e. The third kappa shape index (κ3) is 8.43. The van der Waals surface area contributed by atoms with Crippen LogP contribution in [-0.4, -0.2) is 17.1 Å². The summed E-state index contributed by atoms with van der Waals surface area (Å²) < 4.78 is 6.41. The molecule has 1 rings (SSSR count). The summed E-state index contributed by atoms with van der Waals surface area (Å²) in [6.45, 7) is 16.3. The maximum atomic E-state index is 6.41. The zero-order valence-electron chi connectivity index (χ0n) is 18.7. The molecule has 1 nitrogen and oxygen atoms in total. The summed E-state index contributed by atoms with van der Waals surface area (Å²) >= 11 is 0. The van der Waals surface area contributed by atoms with Crippen LogP contribution in [0.15, 0.2) is 24.3 Å². The second-order valence-corrected chi connectivity index (χ2v) is 17.4. The first-order valence-corrected chi connectivity index (χ1v) is 16.4. The Morgan fingerprint density at radius 1 is 0.846 bits per heavy atom. The van der Waals surface area contributed by atoms with Gasteiger partial charge < -0.3 is 4.43 Å². The molecule has 1 aromatic rings. The van der Waals surface area contributed by atoms with Crippen LogP contribution in [0.3, 0.4) is 0 Å². The molecule has 0 fully saturated rings. The molecule has 150 valence electrons. The summed E-state index contributed by atoms with van der Waals surface area (Å²) in [4.78, 5) is 0. The Morgan fingerprint density at radius 3 is 1.85 bits per heavy atom. The van der Waals surface area contributed by atoms with Crippen LogP contribution in [0.4, 0.5) is 0 Å². The van der Waals surface area contributed by atoms with Crippen LogP contribution in [-0.2, 0) is 0 Å². The predicted octanol–water partition coefficient (Wildman–Crippen LogP) is 7.28. The molecular formula is C23H44OSi2. The highest BCUT2D eigenvalue weighted by Crippen LogP contribution is 2.37. The molecule has 0 radical (unpaired) electrons. The quantitative estimate of drug-likeness (QED) is 0.268. The summed E-state index contributed by atoms with van der Waals surface area (Å²) in [5, 5.41) is 1.85. The van der Waals surface area contributed by atoms with Crippen LogP contribution in [0.1, 0.15) is 79.1 Å². The van der Waals surface area contributed by atoms with Crippen molar-refractivity contribution in [1.82, 2.24) is 0 Å². The van der Waals surface area contributed by atoms with Crippen LogP contribution in [0.2, 0.25) is 30.7 Å². The molecule has 0 bridgehead atoms. The van der Waals surface area contributed by atoms with Crippen molar-refractivity contribution in [2.24, 2.45) is 0 Å². The lowest BCUT2D eigenvalue weighted by Gasteiger charge is -2.36. The van der Waals surface area contributed by atoms with Gasteiger partial charge >= 0.3 is 0 Å². The Kier molecular flexibility index (Phi) is 10.2. The highest BCUT2D eigenvalue weighted by molar-refractivity contribution is 6.74. The summed E-state index contributed by atoms with van der Waals surface area (Å²) in [5.74, 6) is 1.06. The lowest BCUT2D eigenvalue weighted by molar-refractivity contribution is 0.492. The Labute approximate surface area is 166 Å². The first kappa shape index (κ1) is 23.5. The van der Waals surface area contributed by atoms with E-state index < -0.39 is 17.1 Å². The largest absolute Gasteiger partial charge is 0.544 e. The van der Waals surface area contributed by atoms with E-state index in [9.17, 15) is 0 Å². The molecular weight excluding hydrogens is 348 g/mol. The molecule has 1 atom stereocenters. The smallest absolute Gasteiger partial charge is 0.250 e. The second kappa shape index (κ2) is 11.3. The Morgan fingerprint density at radius 2 is 1.35 bits per heavy atom. The number of hydrogen-bond donors (Lipinski definition) is 0. The van der Waals surface area contributed by atoms with Gasteiger partial charge in [-0.15, -0.1) is 0 Å². The zero-order valence-corrected chi connectivity index (χ0v) is 20.8. The molecule has 0 N–H and O–H groups in total. The molecule has 26 heavy (non-hydrogen) atoms. The molecule has 0 aliphatic rings. The lowest BCUT2D eigenvalue weighted by Crippen LogP contribution is -2.43. The fourth-order valence-electron chi connectivity index (χ4n) is 3.06. The van der Waals surface area contributed by atoms with Crippen molar-refractivity contribution in [3.8, 4) is 5.75 Å². The average Bonchev–Trinajstić information content (AvgIpc) is 2.56. The topological polar surface area (TPSA) is 9.23 Å². The van der Waals surface area contributed by atoms with Gasteiger partial charge in [-0.3, -0.25) is 0 Å². The van der Waals surface area contributed by atoms with Gasteiger partial charge in [0.05, 0.1) is 8.80 Å². The normalized spacial score (nSPS) is 13.7. The molecule has 1 unspecified atom stereocenters. The first-order chi connectivity index (χ1) is 12.2. The molecule has 0 aliphatic carbocycles. The van der Waals surface area contributed by atoms with E-state index in [4.69, 9.17) is 4.43 Å². The van der Waals surface area contributed by atoms with E-state index >= 15 is 0 Å². The zero-order chi connectivity index (χ0) is 19.6. The van der Waals surface area contributed by atoms with Gasteiger partial charge in [-0.2, -0.15) is 0 Å². The van der Waals surface area contributed by atoms with Crippen molar-refractivity contribution in [2.75, 3.05) is 0 Å². The van der Waals surface area contributed by atoms with E-state index in [1.54, 1.807) is 5.19 Å². The van der Waals surface area contributed by atoms with Crippen LogP contribution in [0, 0.1) is 0 Å². The number of rotatable bonds is 12. The first-order valence-electron chi connectivity index (χ1n) is 11.0. The minimum absolute atomic E-state index is 0.254. The highest BCUT2D eigenvalue weighted by Gasteiger charge is 2.38. The summed E-state index contributed by atoms with van der Waals surface area (Å²) in [7, 11) is -2.50. The Balaban J connectivity index is 2.34. The van der Waals surface area contributed by atoms with Crippen LogP contribution in [0.5, 0.6) is 5.75 Å². The van der Waals surface area contributed by atoms with Gasteiger partial charge in [0, 0.05) is 0 Å². The fourth-order valence-corrected chi connectivity index (χ4v) is 6.18. The monoisotopic (exact) mass is 392 g/mol. The van der Waals surface area contributed by atoms with Gasteiger partial charge in [0.25, 0.3) is 0 Å². The minimum Gasteiger partial charge on any atom is -0.544 e. The van der Waals surface area contributed by atoms with Gasteiger partial charge in [-0.25, -0.2) is 0 Å². The fraction of sp³-hybridized carbons (Fsp3) is 0.739. The highest BCUT2D eigenvalue weighted by atomic mass is 28.4. The summed E-state index contributed by atoms with van der Waals surface area (Å²) in [6, 6.07) is 10.5. The third-order valence-electron chi connectivity index (χ3n) is 6.12. The van der Waals surface area contributed by atoms with Gasteiger partial charge in [-0.05, 0) is 30.3 Å². The SMILES string of the molecule is CCCCCCCCCC[SiH](C)c1ccc(O[Si](C)(C)C(C)(C)C)cc1. The van der Waals surface area contributed by atoms with Crippen LogP contribution < -0.4 is 9.61 Å². The second-order valence-electron chi connectivity index (χ2n) is 9.60. The Hall–Kier alpha value is -0.546. The molecule has 3 heteroatoms. The lowest BCUT2D eigenvalue weighted by atomic mass is 10.1. The summed E-state index contributed by atoms with van der Waals surface area (Å²) in [6.07, 6.45) is 11.4. The van der Waals surface area contributed by atoms with Gasteiger partial charge in [0.2, 0.25) is 8.32 Å². The van der Waals surface area contributed by atoms with E-state index in [0.29, 0.717) is 0 Å². The number of benzene rings is 1. The predicted molar refractivity (Wildman–Crippen MR) is 124 cm³/mol. The van der Waals surface area contributed by atoms with Gasteiger partial charge in [0.15, 0.2) is 0 Å². The van der Waals surface area contributed by atoms with Crippen LogP contribution >= 0.6 is 0 Å². The average molecular weight is 393 g/mol. The van der Waals surface area contributed by atoms with E-state index in [1.807, 2.05) is 0 Å².